The van der Waals surface area contributed by atoms with Crippen molar-refractivity contribution in [1.82, 2.24) is 9.80 Å². The zero-order valence-electron chi connectivity index (χ0n) is 14.4. The van der Waals surface area contributed by atoms with Crippen molar-refractivity contribution in [2.75, 3.05) is 26.2 Å². The molecule has 3 rings (SSSR count). The van der Waals surface area contributed by atoms with E-state index in [2.05, 4.69) is 18.7 Å². The van der Waals surface area contributed by atoms with Crippen LogP contribution in [0, 0.1) is 0 Å². The first-order valence-corrected chi connectivity index (χ1v) is 8.11. The number of carboxylic acid groups (broad SMARTS) is 1. The van der Waals surface area contributed by atoms with Gasteiger partial charge in [0.1, 0.15) is 0 Å². The van der Waals surface area contributed by atoms with Crippen molar-refractivity contribution in [3.63, 3.8) is 0 Å². The second kappa shape index (κ2) is 8.09. The second-order valence-electron chi connectivity index (χ2n) is 6.30. The maximum atomic E-state index is 12.3. The monoisotopic (exact) mass is 378 g/mol. The molecule has 1 aromatic heterocycles. The van der Waals surface area contributed by atoms with E-state index in [0.29, 0.717) is 24.4 Å². The summed E-state index contributed by atoms with van der Waals surface area (Å²) in [4.78, 5) is 25.5. The highest BCUT2D eigenvalue weighted by atomic mass is 19.4. The van der Waals surface area contributed by atoms with Crippen LogP contribution < -0.4 is 0 Å². The summed E-state index contributed by atoms with van der Waals surface area (Å²) < 4.78 is 42.7. The summed E-state index contributed by atoms with van der Waals surface area (Å²) in [6.45, 7) is 7.47. The van der Waals surface area contributed by atoms with E-state index in [1.54, 1.807) is 12.1 Å². The molecule has 1 N–H and O–H groups in total. The number of furan rings is 1. The van der Waals surface area contributed by atoms with Crippen molar-refractivity contribution in [2.24, 2.45) is 0 Å². The minimum absolute atomic E-state index is 0.0355. The van der Waals surface area contributed by atoms with Gasteiger partial charge in [-0.05, 0) is 26.0 Å². The number of hydrogen-bond donors (Lipinski definition) is 1. The largest absolute Gasteiger partial charge is 0.490 e. The fraction of sp³-hybridized carbons (Fsp3) is 0.625. The Hall–Kier alpha value is -2.07. The summed E-state index contributed by atoms with van der Waals surface area (Å²) in [5.74, 6) is -2.38. The van der Waals surface area contributed by atoms with E-state index >= 15 is 0 Å². The fourth-order valence-electron chi connectivity index (χ4n) is 3.08. The minimum atomic E-state index is -5.08. The number of likely N-dealkylation sites (tertiary alicyclic amines) is 1. The third-order valence-electron chi connectivity index (χ3n) is 4.27. The van der Waals surface area contributed by atoms with E-state index in [4.69, 9.17) is 19.1 Å². The van der Waals surface area contributed by atoms with Gasteiger partial charge in [0.05, 0.1) is 25.0 Å². The van der Waals surface area contributed by atoms with Crippen LogP contribution in [0.2, 0.25) is 0 Å². The molecule has 2 saturated heterocycles. The van der Waals surface area contributed by atoms with Crippen LogP contribution in [0.4, 0.5) is 13.2 Å². The van der Waals surface area contributed by atoms with E-state index in [9.17, 15) is 18.0 Å². The first-order chi connectivity index (χ1) is 12.1. The summed E-state index contributed by atoms with van der Waals surface area (Å²) >= 11 is 0. The highest BCUT2D eigenvalue weighted by Gasteiger charge is 2.43. The van der Waals surface area contributed by atoms with Crippen LogP contribution in [0.1, 0.15) is 24.4 Å². The van der Waals surface area contributed by atoms with E-state index < -0.39 is 12.1 Å². The standard InChI is InChI=1S/C14H20N2O3.C2HF3O2/c1-10(2)16-5-7-19-13-9-15(8-11(13)16)14(17)12-4-3-6-18-12;3-2(4,5)1(6)7/h3-4,6,10-11,13H,5,7-9H2,1-2H3;(H,6,7)/t11-,13+;/m1./s1. The molecule has 0 aliphatic carbocycles. The number of carboxylic acids is 1. The average Bonchev–Trinajstić information content (AvgIpc) is 3.22. The molecule has 26 heavy (non-hydrogen) atoms. The molecule has 2 fully saturated rings. The summed E-state index contributed by atoms with van der Waals surface area (Å²) in [7, 11) is 0. The number of amides is 1. The van der Waals surface area contributed by atoms with E-state index in [-0.39, 0.29) is 12.0 Å². The van der Waals surface area contributed by atoms with Crippen LogP contribution in [0.3, 0.4) is 0 Å². The topological polar surface area (TPSA) is 83.2 Å². The number of morpholine rings is 1. The van der Waals surface area contributed by atoms with Crippen LogP contribution >= 0.6 is 0 Å². The summed E-state index contributed by atoms with van der Waals surface area (Å²) in [5.41, 5.74) is 0. The lowest BCUT2D eigenvalue weighted by atomic mass is 10.1. The van der Waals surface area contributed by atoms with E-state index in [0.717, 1.165) is 19.7 Å². The zero-order valence-corrected chi connectivity index (χ0v) is 14.4. The van der Waals surface area contributed by atoms with E-state index in [1.807, 2.05) is 4.90 Å². The quantitative estimate of drug-likeness (QED) is 0.846. The number of hydrogen-bond acceptors (Lipinski definition) is 5. The van der Waals surface area contributed by atoms with Crippen molar-refractivity contribution in [1.29, 1.82) is 0 Å². The second-order valence-corrected chi connectivity index (χ2v) is 6.30. The Bertz CT molecular complexity index is 618. The number of carbonyl (C=O) groups is 2. The van der Waals surface area contributed by atoms with Crippen LogP contribution in [-0.2, 0) is 9.53 Å². The van der Waals surface area contributed by atoms with Crippen LogP contribution in [0.15, 0.2) is 22.8 Å². The normalized spacial score (nSPS) is 23.4. The number of nitrogens with zero attached hydrogens (tertiary/aromatic N) is 2. The molecule has 2 aliphatic rings. The van der Waals surface area contributed by atoms with Crippen molar-refractivity contribution in [3.05, 3.63) is 24.2 Å². The molecule has 2 atom stereocenters. The lowest BCUT2D eigenvalue weighted by Crippen LogP contribution is -2.53. The van der Waals surface area contributed by atoms with Crippen LogP contribution in [0.5, 0.6) is 0 Å². The number of ether oxygens (including phenoxy) is 1. The van der Waals surface area contributed by atoms with Gasteiger partial charge in [-0.3, -0.25) is 9.69 Å². The van der Waals surface area contributed by atoms with E-state index in [1.165, 1.54) is 6.26 Å². The van der Waals surface area contributed by atoms with Gasteiger partial charge in [0.2, 0.25) is 0 Å². The number of carbonyl (C=O) groups excluding carboxylic acids is 1. The Morgan fingerprint density at radius 2 is 1.96 bits per heavy atom. The SMILES string of the molecule is CC(C)N1CCO[C@H]2CN(C(=O)c3ccco3)C[C@H]21.O=C(O)C(F)(F)F. The zero-order chi connectivity index (χ0) is 19.5. The molecule has 0 saturated carbocycles. The minimum Gasteiger partial charge on any atom is -0.475 e. The van der Waals surface area contributed by atoms with Gasteiger partial charge < -0.3 is 19.2 Å². The molecule has 3 heterocycles. The van der Waals surface area contributed by atoms with Gasteiger partial charge in [0.25, 0.3) is 5.91 Å². The Morgan fingerprint density at radius 1 is 1.31 bits per heavy atom. The lowest BCUT2D eigenvalue weighted by Gasteiger charge is -2.39. The number of rotatable bonds is 2. The summed E-state index contributed by atoms with van der Waals surface area (Å²) in [6.07, 6.45) is -3.41. The first kappa shape index (κ1) is 20.2. The molecule has 0 radical (unpaired) electrons. The molecular weight excluding hydrogens is 357 g/mol. The molecule has 1 aromatic rings. The van der Waals surface area contributed by atoms with Crippen LogP contribution in [-0.4, -0.2) is 77.4 Å². The van der Waals surface area contributed by atoms with Gasteiger partial charge in [-0.1, -0.05) is 0 Å². The molecule has 0 aromatic carbocycles. The van der Waals surface area contributed by atoms with Crippen molar-refractivity contribution >= 4 is 11.9 Å². The molecule has 0 unspecified atom stereocenters. The Balaban J connectivity index is 0.000000298. The molecule has 0 spiro atoms. The molecule has 146 valence electrons. The molecule has 10 heteroatoms. The average molecular weight is 378 g/mol. The van der Waals surface area contributed by atoms with Gasteiger partial charge in [-0.15, -0.1) is 0 Å². The van der Waals surface area contributed by atoms with Gasteiger partial charge in [-0.25, -0.2) is 4.79 Å². The maximum Gasteiger partial charge on any atom is 0.490 e. The summed E-state index contributed by atoms with van der Waals surface area (Å²) in [6, 6.07) is 4.25. The number of fused-ring (bicyclic) bond motifs is 1. The van der Waals surface area contributed by atoms with Gasteiger partial charge in [0.15, 0.2) is 5.76 Å². The molecule has 1 amide bonds. The number of alkyl halides is 3. The van der Waals surface area contributed by atoms with Crippen LogP contribution in [0.25, 0.3) is 0 Å². The molecule has 2 aliphatic heterocycles. The maximum absolute atomic E-state index is 12.3. The summed E-state index contributed by atoms with van der Waals surface area (Å²) in [5, 5.41) is 7.12. The third-order valence-corrected chi connectivity index (χ3v) is 4.27. The number of aliphatic carboxylic acids is 1. The highest BCUT2D eigenvalue weighted by molar-refractivity contribution is 5.91. The highest BCUT2D eigenvalue weighted by Crippen LogP contribution is 2.25. The Labute approximate surface area is 148 Å². The Kier molecular flexibility index (Phi) is 6.30. The van der Waals surface area contributed by atoms with Gasteiger partial charge in [-0.2, -0.15) is 13.2 Å². The number of halogens is 3. The van der Waals surface area contributed by atoms with Crippen molar-refractivity contribution in [2.45, 2.75) is 38.2 Å². The fourth-order valence-corrected chi connectivity index (χ4v) is 3.08. The molecule has 0 bridgehead atoms. The van der Waals surface area contributed by atoms with Gasteiger partial charge >= 0.3 is 12.1 Å². The molecule has 7 nitrogen and oxygen atoms in total. The first-order valence-electron chi connectivity index (χ1n) is 8.11. The van der Waals surface area contributed by atoms with Crippen molar-refractivity contribution in [3.8, 4) is 0 Å². The lowest BCUT2D eigenvalue weighted by molar-refractivity contribution is -0.192. The molecular formula is C16H21F3N2O5. The van der Waals surface area contributed by atoms with Gasteiger partial charge in [0, 0.05) is 25.7 Å². The smallest absolute Gasteiger partial charge is 0.475 e. The predicted molar refractivity (Wildman–Crippen MR) is 83.7 cm³/mol. The third kappa shape index (κ3) is 4.76. The Morgan fingerprint density at radius 3 is 2.46 bits per heavy atom. The predicted octanol–water partition coefficient (Wildman–Crippen LogP) is 1.85. The van der Waals surface area contributed by atoms with Crippen molar-refractivity contribution < 1.29 is 37.0 Å².